The monoisotopic (exact) mass is 458 g/mol. The van der Waals surface area contributed by atoms with Crippen molar-refractivity contribution < 1.29 is 14.0 Å². The lowest BCUT2D eigenvalue weighted by Gasteiger charge is -2.43. The number of furan rings is 1. The molecule has 3 aromatic rings. The molecule has 9 heteroatoms. The molecule has 1 N–H and O–H groups in total. The lowest BCUT2D eigenvalue weighted by Crippen LogP contribution is -2.58. The van der Waals surface area contributed by atoms with Crippen LogP contribution in [-0.4, -0.2) is 57.5 Å². The topological polar surface area (TPSA) is 78.7 Å². The number of nitrogens with one attached hydrogen (secondary N) is 1. The molecule has 1 aliphatic heterocycles. The maximum Gasteiger partial charge on any atom is 0.233 e. The number of aromatic nitrogens is 1. The van der Waals surface area contributed by atoms with Gasteiger partial charge in [-0.2, -0.15) is 0 Å². The van der Waals surface area contributed by atoms with Crippen LogP contribution in [0.15, 0.2) is 45.4 Å². The van der Waals surface area contributed by atoms with Gasteiger partial charge in [0.1, 0.15) is 5.76 Å². The number of carbonyl (C=O) groups excluding carboxylic acids is 2. The first-order valence-electron chi connectivity index (χ1n) is 10.3. The Morgan fingerprint density at radius 3 is 2.84 bits per heavy atom. The van der Waals surface area contributed by atoms with Crippen LogP contribution in [0.4, 0.5) is 5.69 Å². The lowest BCUT2D eigenvalue weighted by atomic mass is 10.1. The molecule has 0 unspecified atom stereocenters. The molecule has 3 heterocycles. The third-order valence-electron chi connectivity index (χ3n) is 5.38. The number of thiazole rings is 1. The van der Waals surface area contributed by atoms with Gasteiger partial charge in [0, 0.05) is 37.8 Å². The fraction of sp³-hybridized carbons (Fsp3) is 0.409. The van der Waals surface area contributed by atoms with Gasteiger partial charge in [0.25, 0.3) is 0 Å². The highest BCUT2D eigenvalue weighted by Crippen LogP contribution is 2.32. The summed E-state index contributed by atoms with van der Waals surface area (Å²) in [6.45, 7) is 8.05. The first-order valence-corrected chi connectivity index (χ1v) is 12.1. The number of thioether (sulfide) groups is 1. The molecule has 0 spiro atoms. The van der Waals surface area contributed by atoms with Gasteiger partial charge in [0.2, 0.25) is 11.8 Å². The Hall–Kier alpha value is -2.36. The van der Waals surface area contributed by atoms with Crippen LogP contribution in [0.2, 0.25) is 0 Å². The van der Waals surface area contributed by atoms with Crippen LogP contribution in [-0.2, 0) is 16.1 Å². The normalized spacial score (nSPS) is 19.6. The van der Waals surface area contributed by atoms with Crippen molar-refractivity contribution in [2.75, 3.05) is 24.2 Å². The van der Waals surface area contributed by atoms with Crippen molar-refractivity contribution >= 4 is 50.8 Å². The van der Waals surface area contributed by atoms with E-state index in [9.17, 15) is 9.59 Å². The van der Waals surface area contributed by atoms with Crippen molar-refractivity contribution in [3.63, 3.8) is 0 Å². The van der Waals surface area contributed by atoms with Crippen molar-refractivity contribution in [2.24, 2.45) is 0 Å². The van der Waals surface area contributed by atoms with E-state index in [2.05, 4.69) is 29.0 Å². The number of carbonyl (C=O) groups is 2. The molecular formula is C22H26N4O3S2. The summed E-state index contributed by atoms with van der Waals surface area (Å²) < 4.78 is 7.34. The fourth-order valence-electron chi connectivity index (χ4n) is 3.82. The van der Waals surface area contributed by atoms with Crippen LogP contribution >= 0.6 is 23.1 Å². The molecule has 1 saturated heterocycles. The van der Waals surface area contributed by atoms with Crippen LogP contribution in [0.25, 0.3) is 10.2 Å². The molecule has 2 atom stereocenters. The second kappa shape index (κ2) is 9.42. The van der Waals surface area contributed by atoms with Gasteiger partial charge in [-0.3, -0.25) is 14.5 Å². The van der Waals surface area contributed by atoms with Crippen LogP contribution in [0.1, 0.15) is 26.5 Å². The van der Waals surface area contributed by atoms with E-state index in [0.717, 1.165) is 39.1 Å². The van der Waals surface area contributed by atoms with E-state index in [-0.39, 0.29) is 23.9 Å². The van der Waals surface area contributed by atoms with E-state index < -0.39 is 0 Å². The molecule has 31 heavy (non-hydrogen) atoms. The Bertz CT molecular complexity index is 1070. The predicted molar refractivity (Wildman–Crippen MR) is 124 cm³/mol. The predicted octanol–water partition coefficient (Wildman–Crippen LogP) is 4.06. The van der Waals surface area contributed by atoms with Crippen LogP contribution < -0.4 is 5.32 Å². The molecule has 1 aliphatic rings. The first-order chi connectivity index (χ1) is 14.9. The highest BCUT2D eigenvalue weighted by Gasteiger charge is 2.32. The molecule has 2 amide bonds. The number of fused-ring (bicyclic) bond motifs is 1. The van der Waals surface area contributed by atoms with Gasteiger partial charge in [-0.1, -0.05) is 11.8 Å². The van der Waals surface area contributed by atoms with E-state index in [1.54, 1.807) is 17.6 Å². The summed E-state index contributed by atoms with van der Waals surface area (Å²) in [5.74, 6) is 1.36. The average Bonchev–Trinajstić information content (AvgIpc) is 3.37. The first kappa shape index (κ1) is 21.9. The minimum absolute atomic E-state index is 0.100. The molecular weight excluding hydrogens is 432 g/mol. The number of benzene rings is 1. The fourth-order valence-corrected chi connectivity index (χ4v) is 5.82. The molecule has 0 saturated carbocycles. The summed E-state index contributed by atoms with van der Waals surface area (Å²) >= 11 is 3.02. The van der Waals surface area contributed by atoms with E-state index in [4.69, 9.17) is 4.42 Å². The summed E-state index contributed by atoms with van der Waals surface area (Å²) in [6.07, 6.45) is 1.70. The second-order valence-electron chi connectivity index (χ2n) is 7.89. The molecule has 1 fully saturated rings. The zero-order valence-corrected chi connectivity index (χ0v) is 19.5. The molecule has 1 aromatic carbocycles. The van der Waals surface area contributed by atoms with Crippen molar-refractivity contribution in [3.05, 3.63) is 42.4 Å². The summed E-state index contributed by atoms with van der Waals surface area (Å²) in [5.41, 5.74) is 1.63. The summed E-state index contributed by atoms with van der Waals surface area (Å²) in [7, 11) is 0. The second-order valence-corrected chi connectivity index (χ2v) is 10.1. The largest absolute Gasteiger partial charge is 0.468 e. The van der Waals surface area contributed by atoms with Gasteiger partial charge in [-0.25, -0.2) is 4.98 Å². The van der Waals surface area contributed by atoms with Gasteiger partial charge in [-0.05, 0) is 44.2 Å². The highest BCUT2D eigenvalue weighted by molar-refractivity contribution is 8.01. The quantitative estimate of drug-likeness (QED) is 0.561. The van der Waals surface area contributed by atoms with Crippen LogP contribution in [0, 0.1) is 0 Å². The summed E-state index contributed by atoms with van der Waals surface area (Å²) in [4.78, 5) is 33.2. The van der Waals surface area contributed by atoms with Crippen molar-refractivity contribution in [2.45, 2.75) is 43.7 Å². The van der Waals surface area contributed by atoms with Crippen molar-refractivity contribution in [1.82, 2.24) is 14.8 Å². The number of nitrogens with zero attached hydrogens (tertiary/aromatic N) is 3. The van der Waals surface area contributed by atoms with E-state index >= 15 is 0 Å². The van der Waals surface area contributed by atoms with E-state index in [1.807, 2.05) is 35.2 Å². The van der Waals surface area contributed by atoms with Crippen LogP contribution in [0.5, 0.6) is 0 Å². The van der Waals surface area contributed by atoms with Crippen molar-refractivity contribution in [3.8, 4) is 0 Å². The Morgan fingerprint density at radius 2 is 2.10 bits per heavy atom. The highest BCUT2D eigenvalue weighted by atomic mass is 32.2. The number of anilines is 1. The third kappa shape index (κ3) is 5.28. The maximum atomic E-state index is 12.9. The standard InChI is InChI=1S/C22H26N4O3S2/c1-14-11-26(15(2)10-25(14)12-18-5-4-8-29-18)21(28)13-30-22-24-19-7-6-17(23-16(3)27)9-20(19)31-22/h4-9,14-15H,10-13H2,1-3H3,(H,23,27)/t14-,15-/m0/s1. The third-order valence-corrected chi connectivity index (χ3v) is 7.53. The molecule has 0 aliphatic carbocycles. The van der Waals surface area contributed by atoms with E-state index in [0.29, 0.717) is 12.3 Å². The van der Waals surface area contributed by atoms with E-state index in [1.165, 1.54) is 18.7 Å². The number of hydrogen-bond donors (Lipinski definition) is 1. The molecule has 7 nitrogen and oxygen atoms in total. The molecule has 0 bridgehead atoms. The molecule has 4 rings (SSSR count). The van der Waals surface area contributed by atoms with Crippen LogP contribution in [0.3, 0.4) is 0 Å². The summed E-state index contributed by atoms with van der Waals surface area (Å²) in [6, 6.07) is 9.97. The maximum absolute atomic E-state index is 12.9. The summed E-state index contributed by atoms with van der Waals surface area (Å²) in [5, 5.41) is 2.79. The Labute approximate surface area is 189 Å². The zero-order valence-electron chi connectivity index (χ0n) is 17.8. The van der Waals surface area contributed by atoms with Gasteiger partial charge in [-0.15, -0.1) is 11.3 Å². The SMILES string of the molecule is CC(=O)Nc1ccc2nc(SCC(=O)N3C[C@H](C)N(Cc4ccco4)C[C@@H]3C)sc2c1. The Balaban J connectivity index is 1.34. The minimum atomic E-state index is -0.100. The Morgan fingerprint density at radius 1 is 1.26 bits per heavy atom. The molecule has 0 radical (unpaired) electrons. The molecule has 164 valence electrons. The number of piperazine rings is 1. The number of rotatable bonds is 6. The van der Waals surface area contributed by atoms with Gasteiger partial charge in [0.15, 0.2) is 4.34 Å². The Kier molecular flexibility index (Phi) is 6.64. The van der Waals surface area contributed by atoms with Gasteiger partial charge in [0.05, 0.1) is 28.8 Å². The molecule has 2 aromatic heterocycles. The number of amides is 2. The number of hydrogen-bond acceptors (Lipinski definition) is 7. The lowest BCUT2D eigenvalue weighted by molar-refractivity contribution is -0.134. The van der Waals surface area contributed by atoms with Crippen molar-refractivity contribution in [1.29, 1.82) is 0 Å². The van der Waals surface area contributed by atoms with Gasteiger partial charge >= 0.3 is 0 Å². The van der Waals surface area contributed by atoms with Gasteiger partial charge < -0.3 is 14.6 Å². The average molecular weight is 459 g/mol. The minimum Gasteiger partial charge on any atom is -0.468 e. The smallest absolute Gasteiger partial charge is 0.233 e. The zero-order chi connectivity index (χ0) is 22.0.